The molecule has 0 radical (unpaired) electrons. The summed E-state index contributed by atoms with van der Waals surface area (Å²) >= 11 is 0. The first-order valence-electron chi connectivity index (χ1n) is 8.94. The zero-order valence-electron chi connectivity index (χ0n) is 14.8. The lowest BCUT2D eigenvalue weighted by molar-refractivity contribution is 0.448. The highest BCUT2D eigenvalue weighted by Gasteiger charge is 2.34. The molecule has 0 fully saturated rings. The maximum atomic E-state index is 5.07. The molecule has 1 heterocycles. The molecule has 3 heteroatoms. The van der Waals surface area contributed by atoms with Crippen molar-refractivity contribution in [1.29, 1.82) is 0 Å². The number of nitrogens with one attached hydrogen (secondary N) is 1. The van der Waals surface area contributed by atoms with Crippen LogP contribution in [-0.4, -0.2) is 11.7 Å². The Morgan fingerprint density at radius 2 is 1.08 bits per heavy atom. The first-order valence-corrected chi connectivity index (χ1v) is 8.94. The highest BCUT2D eigenvalue weighted by Crippen LogP contribution is 2.34. The van der Waals surface area contributed by atoms with Crippen molar-refractivity contribution in [1.82, 2.24) is 5.32 Å². The molecule has 0 saturated heterocycles. The normalized spacial score (nSPS) is 15.6. The molecule has 3 aromatic rings. The van der Waals surface area contributed by atoms with E-state index in [1.54, 1.807) is 0 Å². The van der Waals surface area contributed by atoms with E-state index < -0.39 is 5.66 Å². The molecule has 4 rings (SSSR count). The second kappa shape index (κ2) is 6.96. The number of aliphatic imine (C=N–C) groups is 2. The fraction of sp³-hybridized carbons (Fsp3) is 0.130. The van der Waals surface area contributed by atoms with Gasteiger partial charge in [-0.05, 0) is 6.42 Å². The molecule has 3 aromatic carbocycles. The predicted octanol–water partition coefficient (Wildman–Crippen LogP) is 4.75. The second-order valence-corrected chi connectivity index (χ2v) is 6.31. The van der Waals surface area contributed by atoms with E-state index in [2.05, 4.69) is 48.6 Å². The molecule has 1 aliphatic heterocycles. The van der Waals surface area contributed by atoms with Gasteiger partial charge in [-0.1, -0.05) is 97.9 Å². The highest BCUT2D eigenvalue weighted by atomic mass is 15.2. The van der Waals surface area contributed by atoms with E-state index in [0.717, 1.165) is 34.8 Å². The van der Waals surface area contributed by atoms with E-state index in [9.17, 15) is 0 Å². The molecule has 26 heavy (non-hydrogen) atoms. The fourth-order valence-corrected chi connectivity index (χ4v) is 3.22. The highest BCUT2D eigenvalue weighted by molar-refractivity contribution is 6.16. The molecular formula is C23H21N3. The quantitative estimate of drug-likeness (QED) is 0.732. The number of hydrogen-bond donors (Lipinski definition) is 1. The number of hydrogen-bond acceptors (Lipinski definition) is 3. The van der Waals surface area contributed by atoms with E-state index in [1.165, 1.54) is 0 Å². The van der Waals surface area contributed by atoms with Crippen LogP contribution in [0.25, 0.3) is 0 Å². The van der Waals surface area contributed by atoms with E-state index in [0.29, 0.717) is 0 Å². The van der Waals surface area contributed by atoms with Crippen LogP contribution in [0.3, 0.4) is 0 Å². The summed E-state index contributed by atoms with van der Waals surface area (Å²) in [6.45, 7) is 2.14. The Kier molecular flexibility index (Phi) is 4.36. The van der Waals surface area contributed by atoms with E-state index in [-0.39, 0.29) is 0 Å². The molecule has 3 nitrogen and oxygen atoms in total. The third kappa shape index (κ3) is 3.04. The topological polar surface area (TPSA) is 36.8 Å². The summed E-state index contributed by atoms with van der Waals surface area (Å²) in [5.41, 5.74) is 2.60. The van der Waals surface area contributed by atoms with Crippen molar-refractivity contribution in [3.63, 3.8) is 0 Å². The van der Waals surface area contributed by atoms with Crippen molar-refractivity contribution in [3.05, 3.63) is 108 Å². The van der Waals surface area contributed by atoms with Gasteiger partial charge in [0.15, 0.2) is 5.66 Å². The molecular weight excluding hydrogens is 318 g/mol. The van der Waals surface area contributed by atoms with Gasteiger partial charge in [0.2, 0.25) is 0 Å². The first-order chi connectivity index (χ1) is 12.8. The Morgan fingerprint density at radius 3 is 1.50 bits per heavy atom. The van der Waals surface area contributed by atoms with E-state index in [1.807, 2.05) is 54.6 Å². The summed E-state index contributed by atoms with van der Waals surface area (Å²) in [5.74, 6) is 1.70. The van der Waals surface area contributed by atoms with Crippen LogP contribution in [0.2, 0.25) is 0 Å². The number of benzene rings is 3. The molecule has 0 aromatic heterocycles. The largest absolute Gasteiger partial charge is 0.324 e. The second-order valence-electron chi connectivity index (χ2n) is 6.31. The third-order valence-electron chi connectivity index (χ3n) is 4.65. The summed E-state index contributed by atoms with van der Waals surface area (Å²) in [4.78, 5) is 10.1. The van der Waals surface area contributed by atoms with Crippen LogP contribution in [0.15, 0.2) is 101 Å². The number of amidine groups is 2. The van der Waals surface area contributed by atoms with Crippen LogP contribution in [0.1, 0.15) is 30.0 Å². The minimum absolute atomic E-state index is 0.622. The Hall–Kier alpha value is -3.20. The zero-order valence-corrected chi connectivity index (χ0v) is 14.8. The molecule has 128 valence electrons. The summed E-state index contributed by atoms with van der Waals surface area (Å²) in [7, 11) is 0. The van der Waals surface area contributed by atoms with Gasteiger partial charge < -0.3 is 5.32 Å². The Labute approximate surface area is 154 Å². The standard InChI is InChI=1S/C23H21N3/c1-2-23(20-16-10-5-11-17-20)25-21(18-12-6-3-7-13-18)24-22(26-23)19-14-8-4-9-15-19/h3-17H,2H2,1H3,(H,24,25,26). The van der Waals surface area contributed by atoms with E-state index >= 15 is 0 Å². The molecule has 0 spiro atoms. The van der Waals surface area contributed by atoms with Crippen molar-refractivity contribution < 1.29 is 0 Å². The maximum absolute atomic E-state index is 5.07. The average Bonchev–Trinajstić information content (AvgIpc) is 2.75. The molecule has 0 atom stereocenters. The van der Waals surface area contributed by atoms with Crippen molar-refractivity contribution in [2.75, 3.05) is 0 Å². The van der Waals surface area contributed by atoms with Crippen molar-refractivity contribution >= 4 is 11.7 Å². The molecule has 0 unspecified atom stereocenters. The van der Waals surface area contributed by atoms with Gasteiger partial charge in [0, 0.05) is 16.7 Å². The molecule has 0 aliphatic carbocycles. The maximum Gasteiger partial charge on any atom is 0.180 e. The summed E-state index contributed by atoms with van der Waals surface area (Å²) in [6.07, 6.45) is 0.783. The van der Waals surface area contributed by atoms with Gasteiger partial charge in [0.1, 0.15) is 11.7 Å². The smallest absolute Gasteiger partial charge is 0.180 e. The lowest BCUT2D eigenvalue weighted by atomic mass is 9.96. The van der Waals surface area contributed by atoms with Crippen LogP contribution in [-0.2, 0) is 5.66 Å². The minimum atomic E-state index is -0.622. The summed E-state index contributed by atoms with van der Waals surface area (Å²) in [5, 5.41) is 3.44. The Bertz CT molecular complexity index is 873. The monoisotopic (exact) mass is 339 g/mol. The van der Waals surface area contributed by atoms with Gasteiger partial charge in [-0.2, -0.15) is 0 Å². The van der Waals surface area contributed by atoms with Gasteiger partial charge in [0.05, 0.1) is 0 Å². The Morgan fingerprint density at radius 1 is 0.654 bits per heavy atom. The fourth-order valence-electron chi connectivity index (χ4n) is 3.22. The summed E-state index contributed by atoms with van der Waals surface area (Å²) in [6, 6.07) is 30.8. The van der Waals surface area contributed by atoms with Crippen LogP contribution in [0, 0.1) is 0 Å². The van der Waals surface area contributed by atoms with Gasteiger partial charge in [-0.15, -0.1) is 0 Å². The molecule has 0 saturated carbocycles. The molecule has 0 bridgehead atoms. The molecule has 1 aliphatic rings. The molecule has 0 amide bonds. The lowest BCUT2D eigenvalue weighted by Gasteiger charge is -2.32. The van der Waals surface area contributed by atoms with Crippen molar-refractivity contribution in [2.45, 2.75) is 19.0 Å². The number of rotatable bonds is 4. The first kappa shape index (κ1) is 16.3. The van der Waals surface area contributed by atoms with Crippen LogP contribution < -0.4 is 5.32 Å². The molecule has 1 N–H and O–H groups in total. The SMILES string of the molecule is CCC1(c2ccccc2)N=C(c2ccccc2)NC(c2ccccc2)=N1. The van der Waals surface area contributed by atoms with Crippen LogP contribution >= 0.6 is 0 Å². The van der Waals surface area contributed by atoms with Gasteiger partial charge in [-0.25, -0.2) is 9.98 Å². The average molecular weight is 339 g/mol. The van der Waals surface area contributed by atoms with Gasteiger partial charge in [0.25, 0.3) is 0 Å². The summed E-state index contributed by atoms with van der Waals surface area (Å²) < 4.78 is 0. The van der Waals surface area contributed by atoms with Crippen LogP contribution in [0.5, 0.6) is 0 Å². The van der Waals surface area contributed by atoms with Crippen LogP contribution in [0.4, 0.5) is 0 Å². The Balaban J connectivity index is 1.89. The zero-order chi connectivity index (χ0) is 17.8. The third-order valence-corrected chi connectivity index (χ3v) is 4.65. The minimum Gasteiger partial charge on any atom is -0.324 e. The van der Waals surface area contributed by atoms with Crippen molar-refractivity contribution in [3.8, 4) is 0 Å². The van der Waals surface area contributed by atoms with E-state index in [4.69, 9.17) is 9.98 Å². The van der Waals surface area contributed by atoms with Gasteiger partial charge in [-0.3, -0.25) is 0 Å². The lowest BCUT2D eigenvalue weighted by Crippen LogP contribution is -2.41. The van der Waals surface area contributed by atoms with Gasteiger partial charge >= 0.3 is 0 Å². The van der Waals surface area contributed by atoms with Crippen molar-refractivity contribution in [2.24, 2.45) is 9.98 Å². The predicted molar refractivity (Wildman–Crippen MR) is 108 cm³/mol. The number of nitrogens with zero attached hydrogens (tertiary/aromatic N) is 2.